The summed E-state index contributed by atoms with van der Waals surface area (Å²) in [6, 6.07) is 0. The molecule has 1 heterocycles. The number of nitrogens with zero attached hydrogens (tertiary/aromatic N) is 1. The lowest BCUT2D eigenvalue weighted by Crippen LogP contribution is -2.29. The Morgan fingerprint density at radius 2 is 1.39 bits per heavy atom. The summed E-state index contributed by atoms with van der Waals surface area (Å²) in [7, 11) is 1.99. The van der Waals surface area contributed by atoms with Crippen LogP contribution < -0.4 is 0 Å². The Morgan fingerprint density at radius 3 is 1.78 bits per heavy atom. The monoisotopic (exact) mass is 251 g/mol. The van der Waals surface area contributed by atoms with E-state index in [4.69, 9.17) is 9.47 Å². The van der Waals surface area contributed by atoms with Crippen LogP contribution in [0.25, 0.3) is 0 Å². The van der Waals surface area contributed by atoms with Crippen molar-refractivity contribution in [3.8, 4) is 0 Å². The molecular formula is C15H25NO2. The second kappa shape index (κ2) is 5.98. The van der Waals surface area contributed by atoms with Crippen LogP contribution in [0.1, 0.15) is 54.4 Å². The third-order valence-electron chi connectivity index (χ3n) is 2.98. The van der Waals surface area contributed by atoms with E-state index in [0.717, 1.165) is 35.8 Å². The van der Waals surface area contributed by atoms with Crippen molar-refractivity contribution in [1.82, 2.24) is 4.90 Å². The average molecular weight is 251 g/mol. The first kappa shape index (κ1) is 14.7. The minimum absolute atomic E-state index is 0.610. The van der Waals surface area contributed by atoms with E-state index in [-0.39, 0.29) is 0 Å². The minimum Gasteiger partial charge on any atom is -0.409 e. The van der Waals surface area contributed by atoms with Gasteiger partial charge in [-0.15, -0.1) is 0 Å². The molecule has 0 aromatic carbocycles. The number of ether oxygens (including phenoxy) is 2. The third-order valence-corrected chi connectivity index (χ3v) is 2.98. The highest BCUT2D eigenvalue weighted by atomic mass is 16.7. The minimum atomic E-state index is 0.610. The molecule has 3 nitrogen and oxygen atoms in total. The molecule has 0 N–H and O–H groups in total. The molecule has 1 fully saturated rings. The Hall–Kier alpha value is -1.38. The molecule has 102 valence electrons. The van der Waals surface area contributed by atoms with Crippen molar-refractivity contribution >= 4 is 0 Å². The summed E-state index contributed by atoms with van der Waals surface area (Å²) in [5.41, 5.74) is 3.49. The molecule has 0 saturated carbocycles. The average Bonchev–Trinajstić information content (AvgIpc) is 2.31. The quantitative estimate of drug-likeness (QED) is 0.721. The van der Waals surface area contributed by atoms with Gasteiger partial charge in [0.15, 0.2) is 0 Å². The predicted octanol–water partition coefficient (Wildman–Crippen LogP) is 4.50. The lowest BCUT2D eigenvalue weighted by atomic mass is 10.1. The topological polar surface area (TPSA) is 21.7 Å². The van der Waals surface area contributed by atoms with Gasteiger partial charge in [0.25, 0.3) is 5.95 Å². The summed E-state index contributed by atoms with van der Waals surface area (Å²) in [4.78, 5) is 2.00. The zero-order valence-corrected chi connectivity index (χ0v) is 12.7. The van der Waals surface area contributed by atoms with E-state index in [1.54, 1.807) is 0 Å². The Labute approximate surface area is 111 Å². The normalized spacial score (nSPS) is 15.3. The highest BCUT2D eigenvalue weighted by molar-refractivity contribution is 5.20. The van der Waals surface area contributed by atoms with E-state index in [0.29, 0.717) is 5.95 Å². The number of hydrogen-bond acceptors (Lipinski definition) is 3. The fourth-order valence-corrected chi connectivity index (χ4v) is 1.93. The van der Waals surface area contributed by atoms with Crippen molar-refractivity contribution in [3.63, 3.8) is 0 Å². The summed E-state index contributed by atoms with van der Waals surface area (Å²) in [5.74, 6) is 2.39. The fraction of sp³-hybridized carbons (Fsp3) is 0.600. The molecule has 0 spiro atoms. The van der Waals surface area contributed by atoms with Crippen molar-refractivity contribution in [1.29, 1.82) is 0 Å². The number of hydrogen-bond donors (Lipinski definition) is 0. The first-order chi connectivity index (χ1) is 8.42. The summed E-state index contributed by atoms with van der Waals surface area (Å²) in [5, 5.41) is 0. The molecule has 1 aliphatic rings. The van der Waals surface area contributed by atoms with Crippen LogP contribution in [-0.2, 0) is 9.47 Å². The van der Waals surface area contributed by atoms with E-state index >= 15 is 0 Å². The van der Waals surface area contributed by atoms with Crippen molar-refractivity contribution in [3.05, 3.63) is 34.4 Å². The van der Waals surface area contributed by atoms with Gasteiger partial charge in [-0.25, -0.2) is 0 Å². The van der Waals surface area contributed by atoms with Crippen LogP contribution in [0.5, 0.6) is 0 Å². The van der Waals surface area contributed by atoms with Gasteiger partial charge in [-0.2, -0.15) is 0 Å². The molecule has 0 aromatic heterocycles. The highest BCUT2D eigenvalue weighted by Gasteiger charge is 2.27. The van der Waals surface area contributed by atoms with Gasteiger partial charge >= 0.3 is 0 Å². The molecule has 1 rings (SSSR count). The molecular weight excluding hydrogens is 226 g/mol. The molecule has 0 unspecified atom stereocenters. The number of allylic oxidation sites excluding steroid dienone is 3. The van der Waals surface area contributed by atoms with E-state index in [1.165, 1.54) is 5.57 Å². The van der Waals surface area contributed by atoms with Gasteiger partial charge < -0.3 is 9.47 Å². The van der Waals surface area contributed by atoms with Gasteiger partial charge in [-0.05, 0) is 51.7 Å². The van der Waals surface area contributed by atoms with E-state index in [2.05, 4.69) is 27.7 Å². The fourth-order valence-electron chi connectivity index (χ4n) is 1.93. The highest BCUT2D eigenvalue weighted by Crippen LogP contribution is 2.32. The van der Waals surface area contributed by atoms with Gasteiger partial charge in [0.05, 0.1) is 0 Å². The van der Waals surface area contributed by atoms with Crippen LogP contribution in [-0.4, -0.2) is 11.9 Å². The van der Waals surface area contributed by atoms with Gasteiger partial charge in [-0.1, -0.05) is 13.8 Å². The van der Waals surface area contributed by atoms with Crippen LogP contribution in [0.15, 0.2) is 34.4 Å². The maximum Gasteiger partial charge on any atom is 0.291 e. The van der Waals surface area contributed by atoms with Crippen molar-refractivity contribution in [2.75, 3.05) is 7.05 Å². The predicted molar refractivity (Wildman–Crippen MR) is 74.3 cm³/mol. The zero-order chi connectivity index (χ0) is 13.9. The zero-order valence-electron chi connectivity index (χ0n) is 12.7. The Balaban J connectivity index is 3.32. The van der Waals surface area contributed by atoms with Crippen molar-refractivity contribution in [2.24, 2.45) is 0 Å². The van der Waals surface area contributed by atoms with Crippen LogP contribution in [0, 0.1) is 0 Å². The van der Waals surface area contributed by atoms with Gasteiger partial charge in [-0.3, -0.25) is 4.90 Å². The molecule has 0 bridgehead atoms. The third kappa shape index (κ3) is 2.89. The molecule has 0 aliphatic carbocycles. The summed E-state index contributed by atoms with van der Waals surface area (Å²) in [6.07, 6.45) is 1.98. The van der Waals surface area contributed by atoms with Crippen molar-refractivity contribution in [2.45, 2.75) is 54.4 Å². The molecule has 0 atom stereocenters. The molecule has 18 heavy (non-hydrogen) atoms. The first-order valence-electron chi connectivity index (χ1n) is 6.58. The summed E-state index contributed by atoms with van der Waals surface area (Å²) >= 11 is 0. The first-order valence-corrected chi connectivity index (χ1v) is 6.58. The smallest absolute Gasteiger partial charge is 0.291 e. The van der Waals surface area contributed by atoms with Gasteiger partial charge in [0, 0.05) is 12.6 Å². The molecule has 0 aromatic rings. The Morgan fingerprint density at radius 1 is 0.889 bits per heavy atom. The number of rotatable bonds is 2. The van der Waals surface area contributed by atoms with Crippen LogP contribution in [0.3, 0.4) is 0 Å². The van der Waals surface area contributed by atoms with E-state index < -0.39 is 0 Å². The summed E-state index contributed by atoms with van der Waals surface area (Å²) < 4.78 is 11.7. The van der Waals surface area contributed by atoms with Crippen LogP contribution >= 0.6 is 0 Å². The van der Waals surface area contributed by atoms with Gasteiger partial charge in [0.1, 0.15) is 0 Å². The van der Waals surface area contributed by atoms with E-state index in [1.807, 2.05) is 25.8 Å². The molecule has 0 amide bonds. The second-order valence-electron chi connectivity index (χ2n) is 4.97. The molecule has 1 saturated heterocycles. The Bertz CT molecular complexity index is 402. The lowest BCUT2D eigenvalue weighted by molar-refractivity contribution is -0.0126. The lowest BCUT2D eigenvalue weighted by Gasteiger charge is -2.34. The van der Waals surface area contributed by atoms with Crippen molar-refractivity contribution < 1.29 is 9.47 Å². The van der Waals surface area contributed by atoms with Crippen LogP contribution in [0.4, 0.5) is 0 Å². The largest absolute Gasteiger partial charge is 0.409 e. The van der Waals surface area contributed by atoms with Crippen LogP contribution in [0.2, 0.25) is 0 Å². The molecule has 1 aliphatic heterocycles. The van der Waals surface area contributed by atoms with E-state index in [9.17, 15) is 0 Å². The SMILES string of the molecule is CCC(CC)=C1OC(=C(C)C)OC(=C(C)C)N1C. The van der Waals surface area contributed by atoms with Gasteiger partial charge in [0.2, 0.25) is 11.8 Å². The standard InChI is InChI=1S/C15H25NO2/c1-8-12(9-2)14-16(7)13(10(3)4)17-15(18-14)11(5)6/h8-9H2,1-7H3. The maximum atomic E-state index is 5.91. The summed E-state index contributed by atoms with van der Waals surface area (Å²) in [6.45, 7) is 12.4. The molecule has 0 radical (unpaired) electrons. The maximum absolute atomic E-state index is 5.91. The Kier molecular flexibility index (Phi) is 4.88. The second-order valence-corrected chi connectivity index (χ2v) is 4.97. The molecule has 3 heteroatoms.